The van der Waals surface area contributed by atoms with E-state index in [-0.39, 0.29) is 11.8 Å². The summed E-state index contributed by atoms with van der Waals surface area (Å²) in [6, 6.07) is 3.61. The van der Waals surface area contributed by atoms with Gasteiger partial charge in [0.2, 0.25) is 10.0 Å². The summed E-state index contributed by atoms with van der Waals surface area (Å²) in [5, 5.41) is 3.23. The first-order valence-electron chi connectivity index (χ1n) is 7.07. The van der Waals surface area contributed by atoms with Crippen molar-refractivity contribution in [2.45, 2.75) is 32.4 Å². The molecule has 1 aromatic rings. The fourth-order valence-corrected chi connectivity index (χ4v) is 3.63. The zero-order valence-corrected chi connectivity index (χ0v) is 12.8. The van der Waals surface area contributed by atoms with Gasteiger partial charge in [-0.1, -0.05) is 0 Å². The van der Waals surface area contributed by atoms with Gasteiger partial charge in [-0.15, -0.1) is 0 Å². The number of nitrogens with one attached hydrogen (secondary N) is 1. The second-order valence-electron chi connectivity index (χ2n) is 5.23. The predicted octanol–water partition coefficient (Wildman–Crippen LogP) is 1.87. The van der Waals surface area contributed by atoms with Crippen LogP contribution in [-0.4, -0.2) is 37.6 Å². The summed E-state index contributed by atoms with van der Waals surface area (Å²) in [5.41, 5.74) is 0.552. The molecule has 1 aliphatic heterocycles. The monoisotopic (exact) mass is 318 g/mol. The zero-order chi connectivity index (χ0) is 15.5. The summed E-state index contributed by atoms with van der Waals surface area (Å²) in [5.74, 6) is -1.06. The van der Waals surface area contributed by atoms with Crippen molar-refractivity contribution in [2.24, 2.45) is 0 Å². The largest absolute Gasteiger partial charge is 0.310 e. The number of rotatable bonds is 5. The molecule has 1 saturated heterocycles. The summed E-state index contributed by atoms with van der Waals surface area (Å²) in [7, 11) is -3.12. The average Bonchev–Trinajstić information content (AvgIpc) is 2.44. The van der Waals surface area contributed by atoms with Crippen molar-refractivity contribution >= 4 is 10.0 Å². The van der Waals surface area contributed by atoms with Crippen molar-refractivity contribution in [2.75, 3.05) is 18.8 Å². The SMILES string of the molecule is CCS(=O)(=O)N1CCC(NCc2cc(F)cc(F)c2)CC1. The van der Waals surface area contributed by atoms with Crippen molar-refractivity contribution < 1.29 is 17.2 Å². The van der Waals surface area contributed by atoms with Gasteiger partial charge < -0.3 is 5.32 Å². The molecule has 4 nitrogen and oxygen atoms in total. The number of sulfonamides is 1. The van der Waals surface area contributed by atoms with Crippen LogP contribution < -0.4 is 5.32 Å². The molecule has 1 heterocycles. The zero-order valence-electron chi connectivity index (χ0n) is 12.0. The van der Waals surface area contributed by atoms with Crippen molar-refractivity contribution in [3.8, 4) is 0 Å². The third-order valence-corrected chi connectivity index (χ3v) is 5.61. The molecule has 0 radical (unpaired) electrons. The normalized spacial score (nSPS) is 18.0. The minimum atomic E-state index is -3.12. The van der Waals surface area contributed by atoms with Crippen molar-refractivity contribution in [3.05, 3.63) is 35.4 Å². The van der Waals surface area contributed by atoms with Crippen LogP contribution in [0, 0.1) is 11.6 Å². The quantitative estimate of drug-likeness (QED) is 0.902. The topological polar surface area (TPSA) is 49.4 Å². The van der Waals surface area contributed by atoms with Gasteiger partial charge in [0.25, 0.3) is 0 Å². The molecule has 21 heavy (non-hydrogen) atoms. The summed E-state index contributed by atoms with van der Waals surface area (Å²) in [6.07, 6.45) is 1.41. The van der Waals surface area contributed by atoms with E-state index in [1.807, 2.05) is 0 Å². The average molecular weight is 318 g/mol. The summed E-state index contributed by atoms with van der Waals surface area (Å²) >= 11 is 0. The van der Waals surface area contributed by atoms with Gasteiger partial charge >= 0.3 is 0 Å². The van der Waals surface area contributed by atoms with Gasteiger partial charge in [0.05, 0.1) is 5.75 Å². The van der Waals surface area contributed by atoms with Crippen LogP contribution in [0.5, 0.6) is 0 Å². The number of hydrogen-bond donors (Lipinski definition) is 1. The summed E-state index contributed by atoms with van der Waals surface area (Å²) in [4.78, 5) is 0. The highest BCUT2D eigenvalue weighted by molar-refractivity contribution is 7.89. The van der Waals surface area contributed by atoms with E-state index in [0.29, 0.717) is 38.0 Å². The van der Waals surface area contributed by atoms with E-state index >= 15 is 0 Å². The molecule has 1 fully saturated rings. The fourth-order valence-electron chi connectivity index (χ4n) is 2.50. The fraction of sp³-hybridized carbons (Fsp3) is 0.571. The second-order valence-corrected chi connectivity index (χ2v) is 7.49. The van der Waals surface area contributed by atoms with Crippen LogP contribution in [0.4, 0.5) is 8.78 Å². The number of halogens is 2. The number of hydrogen-bond acceptors (Lipinski definition) is 3. The maximum atomic E-state index is 13.1. The first-order valence-corrected chi connectivity index (χ1v) is 8.68. The molecular formula is C14H20F2N2O2S. The van der Waals surface area contributed by atoms with Gasteiger partial charge in [0.1, 0.15) is 11.6 Å². The van der Waals surface area contributed by atoms with Gasteiger partial charge in [-0.25, -0.2) is 21.5 Å². The minimum absolute atomic E-state index is 0.119. The van der Waals surface area contributed by atoms with Gasteiger partial charge in [-0.05, 0) is 37.5 Å². The van der Waals surface area contributed by atoms with Gasteiger partial charge in [-0.3, -0.25) is 0 Å². The molecule has 1 aliphatic rings. The lowest BCUT2D eigenvalue weighted by molar-refractivity contribution is 0.289. The number of nitrogens with zero attached hydrogens (tertiary/aromatic N) is 1. The minimum Gasteiger partial charge on any atom is -0.310 e. The van der Waals surface area contributed by atoms with E-state index in [4.69, 9.17) is 0 Å². The van der Waals surface area contributed by atoms with Crippen molar-refractivity contribution in [3.63, 3.8) is 0 Å². The van der Waals surface area contributed by atoms with Crippen molar-refractivity contribution in [1.82, 2.24) is 9.62 Å². The highest BCUT2D eigenvalue weighted by Gasteiger charge is 2.26. The van der Waals surface area contributed by atoms with Crippen molar-refractivity contribution in [1.29, 1.82) is 0 Å². The Morgan fingerprint density at radius 3 is 2.29 bits per heavy atom. The summed E-state index contributed by atoms with van der Waals surface area (Å²) in [6.45, 7) is 2.99. The lowest BCUT2D eigenvalue weighted by Gasteiger charge is -2.31. The molecule has 0 amide bonds. The maximum Gasteiger partial charge on any atom is 0.213 e. The molecule has 0 unspecified atom stereocenters. The molecule has 0 saturated carbocycles. The van der Waals surface area contributed by atoms with E-state index in [1.165, 1.54) is 16.4 Å². The van der Waals surface area contributed by atoms with Crippen LogP contribution in [0.25, 0.3) is 0 Å². The lowest BCUT2D eigenvalue weighted by atomic mass is 10.1. The van der Waals surface area contributed by atoms with E-state index in [2.05, 4.69) is 5.32 Å². The Kier molecular flexibility index (Phi) is 5.29. The maximum absolute atomic E-state index is 13.1. The molecule has 0 atom stereocenters. The third kappa shape index (κ3) is 4.46. The van der Waals surface area contributed by atoms with Gasteiger partial charge in [0, 0.05) is 31.7 Å². The lowest BCUT2D eigenvalue weighted by Crippen LogP contribution is -2.45. The number of benzene rings is 1. The Morgan fingerprint density at radius 1 is 1.19 bits per heavy atom. The van der Waals surface area contributed by atoms with E-state index in [9.17, 15) is 17.2 Å². The smallest absolute Gasteiger partial charge is 0.213 e. The van der Waals surface area contributed by atoms with Crippen LogP contribution in [-0.2, 0) is 16.6 Å². The standard InChI is InChI=1S/C14H20F2N2O2S/c1-2-21(19,20)18-5-3-14(4-6-18)17-10-11-7-12(15)9-13(16)8-11/h7-9,14,17H,2-6,10H2,1H3. The molecule has 118 valence electrons. The summed E-state index contributed by atoms with van der Waals surface area (Å²) < 4.78 is 51.1. The van der Waals surface area contributed by atoms with E-state index in [0.717, 1.165) is 6.07 Å². The molecule has 0 aromatic heterocycles. The Bertz CT molecular complexity index is 564. The molecule has 7 heteroatoms. The Morgan fingerprint density at radius 2 is 1.76 bits per heavy atom. The molecule has 0 spiro atoms. The first kappa shape index (κ1) is 16.3. The van der Waals surface area contributed by atoms with Gasteiger partial charge in [-0.2, -0.15) is 0 Å². The van der Waals surface area contributed by atoms with Crippen LogP contribution >= 0.6 is 0 Å². The van der Waals surface area contributed by atoms with Crippen LogP contribution in [0.2, 0.25) is 0 Å². The third-order valence-electron chi connectivity index (χ3n) is 3.73. The van der Waals surface area contributed by atoms with E-state index in [1.54, 1.807) is 6.92 Å². The van der Waals surface area contributed by atoms with Crippen LogP contribution in [0.1, 0.15) is 25.3 Å². The molecule has 0 aliphatic carbocycles. The molecule has 2 rings (SSSR count). The molecular weight excluding hydrogens is 298 g/mol. The van der Waals surface area contributed by atoms with Crippen LogP contribution in [0.3, 0.4) is 0 Å². The Balaban J connectivity index is 1.84. The molecule has 1 N–H and O–H groups in total. The first-order chi connectivity index (χ1) is 9.90. The second kappa shape index (κ2) is 6.81. The predicted molar refractivity (Wildman–Crippen MR) is 77.3 cm³/mol. The van der Waals surface area contributed by atoms with Gasteiger partial charge in [0.15, 0.2) is 0 Å². The highest BCUT2D eigenvalue weighted by Crippen LogP contribution is 2.15. The highest BCUT2D eigenvalue weighted by atomic mass is 32.2. The van der Waals surface area contributed by atoms with Crippen LogP contribution in [0.15, 0.2) is 18.2 Å². The Labute approximate surface area is 124 Å². The molecule has 0 bridgehead atoms. The van der Waals surface area contributed by atoms with E-state index < -0.39 is 21.7 Å². The Hall–Kier alpha value is -1.05. The number of piperidine rings is 1. The molecule has 1 aromatic carbocycles.